The SMILES string of the molecule is CCC(Oc1ccccc1F)C(=O)NCC1CNC1. The largest absolute Gasteiger partial charge is 0.478 e. The van der Waals surface area contributed by atoms with Crippen LogP contribution in [-0.2, 0) is 4.79 Å². The van der Waals surface area contributed by atoms with Crippen LogP contribution in [0.4, 0.5) is 4.39 Å². The van der Waals surface area contributed by atoms with E-state index in [9.17, 15) is 9.18 Å². The first-order chi connectivity index (χ1) is 9.20. The smallest absolute Gasteiger partial charge is 0.261 e. The van der Waals surface area contributed by atoms with Crippen molar-refractivity contribution in [2.75, 3.05) is 19.6 Å². The number of benzene rings is 1. The predicted molar refractivity (Wildman–Crippen MR) is 70.5 cm³/mol. The molecule has 1 saturated heterocycles. The number of ether oxygens (including phenoxy) is 1. The number of rotatable bonds is 6. The lowest BCUT2D eigenvalue weighted by Gasteiger charge is -2.28. The molecule has 1 aliphatic rings. The lowest BCUT2D eigenvalue weighted by molar-refractivity contribution is -0.128. The van der Waals surface area contributed by atoms with Crippen molar-refractivity contribution in [1.82, 2.24) is 10.6 Å². The van der Waals surface area contributed by atoms with Gasteiger partial charge in [0.2, 0.25) is 0 Å². The third-order valence-corrected chi connectivity index (χ3v) is 3.20. The average molecular weight is 266 g/mol. The van der Waals surface area contributed by atoms with E-state index in [1.54, 1.807) is 12.1 Å². The Morgan fingerprint density at radius 1 is 1.53 bits per heavy atom. The van der Waals surface area contributed by atoms with Crippen molar-refractivity contribution >= 4 is 5.91 Å². The zero-order chi connectivity index (χ0) is 13.7. The first kappa shape index (κ1) is 13.8. The van der Waals surface area contributed by atoms with Gasteiger partial charge in [-0.15, -0.1) is 0 Å². The van der Waals surface area contributed by atoms with E-state index in [0.717, 1.165) is 13.1 Å². The third-order valence-electron chi connectivity index (χ3n) is 3.20. The Labute approximate surface area is 112 Å². The van der Waals surface area contributed by atoms with E-state index in [-0.39, 0.29) is 11.7 Å². The van der Waals surface area contributed by atoms with E-state index in [1.807, 2.05) is 6.92 Å². The van der Waals surface area contributed by atoms with Crippen LogP contribution in [0.3, 0.4) is 0 Å². The maximum Gasteiger partial charge on any atom is 0.261 e. The molecule has 1 unspecified atom stereocenters. The second-order valence-electron chi connectivity index (χ2n) is 4.71. The van der Waals surface area contributed by atoms with Crippen molar-refractivity contribution in [3.63, 3.8) is 0 Å². The molecule has 0 bridgehead atoms. The molecular formula is C14H19FN2O2. The maximum absolute atomic E-state index is 13.5. The van der Waals surface area contributed by atoms with Crippen molar-refractivity contribution in [1.29, 1.82) is 0 Å². The van der Waals surface area contributed by atoms with Crippen LogP contribution in [0.1, 0.15) is 13.3 Å². The molecule has 1 aromatic carbocycles. The second kappa shape index (κ2) is 6.52. The van der Waals surface area contributed by atoms with E-state index >= 15 is 0 Å². The van der Waals surface area contributed by atoms with Crippen LogP contribution in [0.15, 0.2) is 24.3 Å². The lowest BCUT2D eigenvalue weighted by atomic mass is 10.0. The Bertz CT molecular complexity index is 435. The Morgan fingerprint density at radius 2 is 2.26 bits per heavy atom. The summed E-state index contributed by atoms with van der Waals surface area (Å²) in [5.74, 6) is -0.0145. The quantitative estimate of drug-likeness (QED) is 0.816. The molecular weight excluding hydrogens is 247 g/mol. The summed E-state index contributed by atoms with van der Waals surface area (Å²) in [4.78, 5) is 12.0. The molecule has 0 spiro atoms. The van der Waals surface area contributed by atoms with Gasteiger partial charge in [0, 0.05) is 25.6 Å². The number of nitrogens with one attached hydrogen (secondary N) is 2. The Kier molecular flexibility index (Phi) is 4.74. The van der Waals surface area contributed by atoms with E-state index in [2.05, 4.69) is 10.6 Å². The van der Waals surface area contributed by atoms with Crippen LogP contribution in [-0.4, -0.2) is 31.6 Å². The van der Waals surface area contributed by atoms with Crippen LogP contribution >= 0.6 is 0 Å². The first-order valence-corrected chi connectivity index (χ1v) is 6.60. The number of para-hydroxylation sites is 1. The molecule has 0 radical (unpaired) electrons. The molecule has 4 nitrogen and oxygen atoms in total. The van der Waals surface area contributed by atoms with Gasteiger partial charge in [-0.2, -0.15) is 0 Å². The van der Waals surface area contributed by atoms with E-state index in [0.29, 0.717) is 18.9 Å². The Hall–Kier alpha value is -1.62. The summed E-state index contributed by atoms with van der Waals surface area (Å²) in [5, 5.41) is 5.99. The summed E-state index contributed by atoms with van der Waals surface area (Å²) in [5.41, 5.74) is 0. The number of hydrogen-bond donors (Lipinski definition) is 2. The summed E-state index contributed by atoms with van der Waals surface area (Å²) < 4.78 is 18.9. The van der Waals surface area contributed by atoms with Gasteiger partial charge in [0.1, 0.15) is 0 Å². The summed E-state index contributed by atoms with van der Waals surface area (Å²) in [6.07, 6.45) is -0.145. The maximum atomic E-state index is 13.5. The summed E-state index contributed by atoms with van der Waals surface area (Å²) >= 11 is 0. The summed E-state index contributed by atoms with van der Waals surface area (Å²) in [7, 11) is 0. The minimum Gasteiger partial charge on any atom is -0.478 e. The standard InChI is InChI=1S/C14H19FN2O2/c1-2-12(14(18)17-9-10-7-16-8-10)19-13-6-4-3-5-11(13)15/h3-6,10,12,16H,2,7-9H2,1H3,(H,17,18). The molecule has 104 valence electrons. The Balaban J connectivity index is 1.87. The summed E-state index contributed by atoms with van der Waals surface area (Å²) in [6.45, 7) is 4.36. The van der Waals surface area contributed by atoms with Crippen molar-refractivity contribution < 1.29 is 13.9 Å². The highest BCUT2D eigenvalue weighted by molar-refractivity contribution is 5.81. The average Bonchev–Trinajstić information content (AvgIpc) is 2.35. The minimum absolute atomic E-state index is 0.120. The van der Waals surface area contributed by atoms with Crippen LogP contribution in [0, 0.1) is 11.7 Å². The molecule has 1 aliphatic heterocycles. The number of halogens is 1. The first-order valence-electron chi connectivity index (χ1n) is 6.60. The van der Waals surface area contributed by atoms with Gasteiger partial charge in [-0.25, -0.2) is 4.39 Å². The highest BCUT2D eigenvalue weighted by Crippen LogP contribution is 2.18. The second-order valence-corrected chi connectivity index (χ2v) is 4.71. The minimum atomic E-state index is -0.648. The molecule has 1 amide bonds. The van der Waals surface area contributed by atoms with Gasteiger partial charge in [-0.05, 0) is 18.6 Å². The van der Waals surface area contributed by atoms with Gasteiger partial charge in [-0.1, -0.05) is 19.1 Å². The number of amides is 1. The fourth-order valence-corrected chi connectivity index (χ4v) is 1.87. The molecule has 0 aromatic heterocycles. The molecule has 2 rings (SSSR count). The lowest BCUT2D eigenvalue weighted by Crippen LogP contribution is -2.50. The molecule has 1 heterocycles. The van der Waals surface area contributed by atoms with E-state index < -0.39 is 11.9 Å². The van der Waals surface area contributed by atoms with Crippen molar-refractivity contribution in [2.24, 2.45) is 5.92 Å². The van der Waals surface area contributed by atoms with Gasteiger partial charge in [-0.3, -0.25) is 4.79 Å². The van der Waals surface area contributed by atoms with Gasteiger partial charge in [0.25, 0.3) is 5.91 Å². The topological polar surface area (TPSA) is 50.4 Å². The number of carbonyl (C=O) groups excluding carboxylic acids is 1. The number of carbonyl (C=O) groups is 1. The Morgan fingerprint density at radius 3 is 2.84 bits per heavy atom. The van der Waals surface area contributed by atoms with E-state index in [1.165, 1.54) is 12.1 Å². The normalized spacial score (nSPS) is 16.5. The van der Waals surface area contributed by atoms with Crippen molar-refractivity contribution in [3.05, 3.63) is 30.1 Å². The van der Waals surface area contributed by atoms with Crippen LogP contribution in [0.25, 0.3) is 0 Å². The number of hydrogen-bond acceptors (Lipinski definition) is 3. The monoisotopic (exact) mass is 266 g/mol. The molecule has 0 saturated carbocycles. The van der Waals surface area contributed by atoms with Crippen LogP contribution in [0.5, 0.6) is 5.75 Å². The zero-order valence-electron chi connectivity index (χ0n) is 11.0. The van der Waals surface area contributed by atoms with Gasteiger partial charge in [0.15, 0.2) is 17.7 Å². The van der Waals surface area contributed by atoms with Gasteiger partial charge < -0.3 is 15.4 Å². The molecule has 1 atom stereocenters. The molecule has 0 aliphatic carbocycles. The summed E-state index contributed by atoms with van der Waals surface area (Å²) in [6, 6.07) is 6.12. The van der Waals surface area contributed by atoms with Crippen LogP contribution < -0.4 is 15.4 Å². The van der Waals surface area contributed by atoms with Crippen molar-refractivity contribution in [3.8, 4) is 5.75 Å². The molecule has 2 N–H and O–H groups in total. The molecule has 5 heteroatoms. The zero-order valence-corrected chi connectivity index (χ0v) is 11.0. The van der Waals surface area contributed by atoms with Gasteiger partial charge >= 0.3 is 0 Å². The molecule has 19 heavy (non-hydrogen) atoms. The van der Waals surface area contributed by atoms with E-state index in [4.69, 9.17) is 4.74 Å². The predicted octanol–water partition coefficient (Wildman–Crippen LogP) is 1.32. The third kappa shape index (κ3) is 3.67. The molecule has 1 fully saturated rings. The highest BCUT2D eigenvalue weighted by atomic mass is 19.1. The fourth-order valence-electron chi connectivity index (χ4n) is 1.87. The van der Waals surface area contributed by atoms with Crippen molar-refractivity contribution in [2.45, 2.75) is 19.4 Å². The van der Waals surface area contributed by atoms with Crippen LogP contribution in [0.2, 0.25) is 0 Å². The van der Waals surface area contributed by atoms with Gasteiger partial charge in [0.05, 0.1) is 0 Å². The highest BCUT2D eigenvalue weighted by Gasteiger charge is 2.22. The molecule has 1 aromatic rings. The fraction of sp³-hybridized carbons (Fsp3) is 0.500.